The van der Waals surface area contributed by atoms with Crippen LogP contribution < -0.4 is 5.32 Å². The number of ether oxygens (including phenoxy) is 1. The van der Waals surface area contributed by atoms with Gasteiger partial charge in [0.05, 0.1) is 5.02 Å². The monoisotopic (exact) mass is 416 g/mol. The number of nitrogens with one attached hydrogen (secondary N) is 1. The molecule has 2 saturated heterocycles. The zero-order valence-corrected chi connectivity index (χ0v) is 16.5. The predicted octanol–water partition coefficient (Wildman–Crippen LogP) is 3.92. The van der Waals surface area contributed by atoms with Gasteiger partial charge in [0.1, 0.15) is 5.75 Å². The smallest absolute Gasteiger partial charge is 0.123 e. The van der Waals surface area contributed by atoms with E-state index in [1.54, 1.807) is 12.1 Å². The molecule has 2 heterocycles. The van der Waals surface area contributed by atoms with Gasteiger partial charge in [0, 0.05) is 56.0 Å². The first-order chi connectivity index (χ1) is 10.7. The summed E-state index contributed by atoms with van der Waals surface area (Å²) in [4.78, 5) is 2.43. The van der Waals surface area contributed by atoms with Gasteiger partial charge < -0.3 is 15.2 Å². The Labute approximate surface area is 165 Å². The molecule has 1 aromatic carbocycles. The minimum absolute atomic E-state index is 0. The van der Waals surface area contributed by atoms with Gasteiger partial charge in [-0.2, -0.15) is 0 Å². The van der Waals surface area contributed by atoms with Crippen molar-refractivity contribution in [1.82, 2.24) is 10.2 Å². The Kier molecular flexibility index (Phi) is 9.46. The van der Waals surface area contributed by atoms with Crippen LogP contribution in [-0.4, -0.2) is 49.4 Å². The summed E-state index contributed by atoms with van der Waals surface area (Å²) in [5, 5.41) is 14.9. The summed E-state index contributed by atoms with van der Waals surface area (Å²) < 4.78 is 5.51. The lowest BCUT2D eigenvalue weighted by atomic mass is 9.85. The summed E-state index contributed by atoms with van der Waals surface area (Å²) in [5.41, 5.74) is 0.819. The fourth-order valence-electron chi connectivity index (χ4n) is 3.57. The number of hydrogen-bond donors (Lipinski definition) is 2. The van der Waals surface area contributed by atoms with Crippen molar-refractivity contribution in [2.24, 2.45) is 5.92 Å². The number of rotatable bonds is 3. The molecule has 0 aliphatic carbocycles. The van der Waals surface area contributed by atoms with Gasteiger partial charge in [0.25, 0.3) is 0 Å². The Balaban J connectivity index is 0.00000144. The van der Waals surface area contributed by atoms with Gasteiger partial charge in [-0.25, -0.2) is 0 Å². The van der Waals surface area contributed by atoms with Crippen molar-refractivity contribution in [3.8, 4) is 5.75 Å². The van der Waals surface area contributed by atoms with E-state index in [0.29, 0.717) is 16.0 Å². The first-order valence-corrected chi connectivity index (χ1v) is 8.63. The van der Waals surface area contributed by atoms with Gasteiger partial charge in [0.15, 0.2) is 0 Å². The van der Waals surface area contributed by atoms with Gasteiger partial charge in [-0.05, 0) is 30.9 Å². The van der Waals surface area contributed by atoms with Crippen LogP contribution in [0.3, 0.4) is 0 Å². The fourth-order valence-corrected chi connectivity index (χ4v) is 4.17. The number of nitrogens with zero attached hydrogens (tertiary/aromatic N) is 1. The molecule has 0 amide bonds. The Morgan fingerprint density at radius 1 is 1.12 bits per heavy atom. The molecule has 8 heteroatoms. The first-order valence-electron chi connectivity index (χ1n) is 7.87. The highest BCUT2D eigenvalue weighted by Crippen LogP contribution is 2.43. The van der Waals surface area contributed by atoms with E-state index < -0.39 is 0 Å². The van der Waals surface area contributed by atoms with E-state index in [4.69, 9.17) is 27.9 Å². The predicted molar refractivity (Wildman–Crippen MR) is 103 cm³/mol. The second kappa shape index (κ2) is 10.3. The summed E-state index contributed by atoms with van der Waals surface area (Å²) >= 11 is 12.5. The summed E-state index contributed by atoms with van der Waals surface area (Å²) in [6, 6.07) is 3.44. The highest BCUT2D eigenvalue weighted by Gasteiger charge is 2.34. The minimum atomic E-state index is 0. The van der Waals surface area contributed by atoms with Crippen LogP contribution in [0.5, 0.6) is 5.75 Å². The maximum atomic E-state index is 10.5. The molecule has 0 bridgehead atoms. The molecule has 2 aliphatic rings. The molecule has 0 unspecified atom stereocenters. The van der Waals surface area contributed by atoms with Crippen LogP contribution in [0.4, 0.5) is 0 Å². The van der Waals surface area contributed by atoms with E-state index in [1.165, 1.54) is 0 Å². The molecule has 0 spiro atoms. The van der Waals surface area contributed by atoms with E-state index >= 15 is 0 Å². The molecule has 0 saturated carbocycles. The molecule has 24 heavy (non-hydrogen) atoms. The van der Waals surface area contributed by atoms with Crippen molar-refractivity contribution in [2.75, 3.05) is 39.4 Å². The molecular formula is C16H24Cl4N2O2. The molecule has 2 fully saturated rings. The Hall–Kier alpha value is 0.0600. The highest BCUT2D eigenvalue weighted by atomic mass is 35.5. The second-order valence-electron chi connectivity index (χ2n) is 6.00. The van der Waals surface area contributed by atoms with E-state index in [9.17, 15) is 5.11 Å². The van der Waals surface area contributed by atoms with Crippen molar-refractivity contribution in [1.29, 1.82) is 0 Å². The van der Waals surface area contributed by atoms with Crippen LogP contribution in [0.2, 0.25) is 10.0 Å². The highest BCUT2D eigenvalue weighted by molar-refractivity contribution is 6.35. The minimum Gasteiger partial charge on any atom is -0.508 e. The lowest BCUT2D eigenvalue weighted by Crippen LogP contribution is -2.47. The SMILES string of the molecule is Cl.Cl.Oc1cc(Cl)cc(Cl)c1[C@H](C1CCOCC1)N1CCNCC1. The van der Waals surface area contributed by atoms with Crippen molar-refractivity contribution in [3.05, 3.63) is 27.7 Å². The lowest BCUT2D eigenvalue weighted by Gasteiger charge is -2.41. The third-order valence-corrected chi connectivity index (χ3v) is 5.16. The first kappa shape index (κ1) is 22.1. The number of benzene rings is 1. The quantitative estimate of drug-likeness (QED) is 0.782. The summed E-state index contributed by atoms with van der Waals surface area (Å²) in [7, 11) is 0. The molecule has 1 atom stereocenters. The summed E-state index contributed by atoms with van der Waals surface area (Å²) in [6.45, 7) is 5.40. The average Bonchev–Trinajstić information content (AvgIpc) is 2.52. The topological polar surface area (TPSA) is 44.7 Å². The van der Waals surface area contributed by atoms with Gasteiger partial charge in [-0.1, -0.05) is 23.2 Å². The van der Waals surface area contributed by atoms with Crippen LogP contribution in [0.1, 0.15) is 24.4 Å². The maximum absolute atomic E-state index is 10.5. The Bertz CT molecular complexity index is 480. The molecule has 4 nitrogen and oxygen atoms in total. The van der Waals surface area contributed by atoms with Crippen LogP contribution >= 0.6 is 48.0 Å². The lowest BCUT2D eigenvalue weighted by molar-refractivity contribution is 0.0207. The molecule has 0 aromatic heterocycles. The molecule has 2 N–H and O–H groups in total. The van der Waals surface area contributed by atoms with Crippen molar-refractivity contribution in [3.63, 3.8) is 0 Å². The van der Waals surface area contributed by atoms with Crippen LogP contribution in [-0.2, 0) is 4.74 Å². The zero-order valence-electron chi connectivity index (χ0n) is 13.3. The Morgan fingerprint density at radius 3 is 2.33 bits per heavy atom. The summed E-state index contributed by atoms with van der Waals surface area (Å²) in [5.74, 6) is 0.643. The average molecular weight is 418 g/mol. The molecular weight excluding hydrogens is 394 g/mol. The van der Waals surface area contributed by atoms with Gasteiger partial charge >= 0.3 is 0 Å². The fraction of sp³-hybridized carbons (Fsp3) is 0.625. The Morgan fingerprint density at radius 2 is 1.75 bits per heavy atom. The van der Waals surface area contributed by atoms with Gasteiger partial charge in [0.2, 0.25) is 0 Å². The molecule has 2 aliphatic heterocycles. The standard InChI is InChI=1S/C16H22Cl2N2O2.2ClH/c17-12-9-13(18)15(14(21)10-12)16(11-1-7-22-8-2-11)20-5-3-19-4-6-20;;/h9-11,16,19,21H,1-8H2;2*1H/t16-;;/m0../s1. The number of halogens is 4. The molecule has 3 rings (SSSR count). The normalized spacial score (nSPS) is 20.8. The second-order valence-corrected chi connectivity index (χ2v) is 6.84. The number of phenolic OH excluding ortho intramolecular Hbond substituents is 1. The van der Waals surface area contributed by atoms with E-state index in [0.717, 1.165) is 57.8 Å². The van der Waals surface area contributed by atoms with Crippen LogP contribution in [0.15, 0.2) is 12.1 Å². The third kappa shape index (κ3) is 5.04. The summed E-state index contributed by atoms with van der Waals surface area (Å²) in [6.07, 6.45) is 1.99. The van der Waals surface area contributed by atoms with Crippen molar-refractivity contribution >= 4 is 48.0 Å². The number of piperazine rings is 1. The van der Waals surface area contributed by atoms with Crippen LogP contribution in [0.25, 0.3) is 0 Å². The molecule has 0 radical (unpaired) electrons. The third-order valence-electron chi connectivity index (χ3n) is 4.63. The zero-order chi connectivity index (χ0) is 15.5. The van der Waals surface area contributed by atoms with Gasteiger partial charge in [-0.15, -0.1) is 24.8 Å². The van der Waals surface area contributed by atoms with E-state index in [2.05, 4.69) is 10.2 Å². The number of phenols is 1. The van der Waals surface area contributed by atoms with E-state index in [-0.39, 0.29) is 36.6 Å². The van der Waals surface area contributed by atoms with Crippen LogP contribution in [0, 0.1) is 5.92 Å². The van der Waals surface area contributed by atoms with Gasteiger partial charge in [-0.3, -0.25) is 4.90 Å². The maximum Gasteiger partial charge on any atom is 0.123 e. The number of aromatic hydroxyl groups is 1. The molecule has 1 aromatic rings. The van der Waals surface area contributed by atoms with Crippen molar-refractivity contribution in [2.45, 2.75) is 18.9 Å². The van der Waals surface area contributed by atoms with Crippen molar-refractivity contribution < 1.29 is 9.84 Å². The largest absolute Gasteiger partial charge is 0.508 e. The van der Waals surface area contributed by atoms with E-state index in [1.807, 2.05) is 0 Å². The number of hydrogen-bond acceptors (Lipinski definition) is 4. The molecule has 138 valence electrons.